The van der Waals surface area contributed by atoms with E-state index in [1.165, 1.54) is 5.56 Å². The molecule has 0 saturated heterocycles. The lowest BCUT2D eigenvalue weighted by Crippen LogP contribution is -2.24. The van der Waals surface area contributed by atoms with Crippen molar-refractivity contribution in [2.45, 2.75) is 45.9 Å². The minimum absolute atomic E-state index is 0.183. The first-order valence-electron chi connectivity index (χ1n) is 9.58. The number of anilines is 3. The average molecular weight is 379 g/mol. The second kappa shape index (κ2) is 7.65. The van der Waals surface area contributed by atoms with E-state index in [-0.39, 0.29) is 6.04 Å². The summed E-state index contributed by atoms with van der Waals surface area (Å²) in [6.07, 6.45) is 1.99. The predicted octanol–water partition coefficient (Wildman–Crippen LogP) is 2.68. The molecule has 1 atom stereocenters. The van der Waals surface area contributed by atoms with Gasteiger partial charge >= 0.3 is 0 Å². The van der Waals surface area contributed by atoms with Gasteiger partial charge < -0.3 is 21.1 Å². The minimum atomic E-state index is -0.663. The monoisotopic (exact) mass is 379 g/mol. The largest absolute Gasteiger partial charge is 0.387 e. The van der Waals surface area contributed by atoms with E-state index in [0.29, 0.717) is 23.0 Å². The summed E-state index contributed by atoms with van der Waals surface area (Å²) in [5, 5.41) is 20.6. The maximum atomic E-state index is 9.93. The zero-order valence-electron chi connectivity index (χ0n) is 16.3. The van der Waals surface area contributed by atoms with Gasteiger partial charge in [0.2, 0.25) is 5.95 Å². The van der Waals surface area contributed by atoms with Gasteiger partial charge in [0, 0.05) is 42.8 Å². The van der Waals surface area contributed by atoms with E-state index in [1.807, 2.05) is 26.0 Å². The van der Waals surface area contributed by atoms with Crippen LogP contribution >= 0.6 is 0 Å². The Morgan fingerprint density at radius 2 is 2.00 bits per heavy atom. The van der Waals surface area contributed by atoms with Crippen LogP contribution < -0.4 is 16.0 Å². The number of pyridine rings is 2. The van der Waals surface area contributed by atoms with Crippen LogP contribution in [0.2, 0.25) is 0 Å². The molecule has 0 bridgehead atoms. The molecule has 4 rings (SSSR count). The zero-order chi connectivity index (χ0) is 19.7. The fourth-order valence-electron chi connectivity index (χ4n) is 3.23. The van der Waals surface area contributed by atoms with Gasteiger partial charge in [-0.05, 0) is 38.5 Å². The van der Waals surface area contributed by atoms with Gasteiger partial charge in [0.15, 0.2) is 5.82 Å². The lowest BCUT2D eigenvalue weighted by molar-refractivity contribution is 0.194. The number of hydrogen-bond acceptors (Lipinski definition) is 8. The highest BCUT2D eigenvalue weighted by Crippen LogP contribution is 2.26. The maximum absolute atomic E-state index is 9.93. The Labute approximate surface area is 163 Å². The molecule has 3 aromatic heterocycles. The Hall–Kier alpha value is -2.84. The number of nitrogens with one attached hydrogen (secondary N) is 3. The van der Waals surface area contributed by atoms with Crippen LogP contribution in [-0.4, -0.2) is 37.6 Å². The average Bonchev–Trinajstić information content (AvgIpc) is 2.67. The van der Waals surface area contributed by atoms with Crippen molar-refractivity contribution < 1.29 is 5.11 Å². The van der Waals surface area contributed by atoms with Crippen LogP contribution in [0, 0.1) is 0 Å². The van der Waals surface area contributed by atoms with Gasteiger partial charge in [-0.1, -0.05) is 6.07 Å². The molecule has 0 aromatic carbocycles. The van der Waals surface area contributed by atoms with Gasteiger partial charge in [-0.25, -0.2) is 19.9 Å². The van der Waals surface area contributed by atoms with Gasteiger partial charge in [-0.15, -0.1) is 0 Å². The second-order valence-electron chi connectivity index (χ2n) is 7.36. The van der Waals surface area contributed by atoms with E-state index < -0.39 is 6.10 Å². The van der Waals surface area contributed by atoms with Crippen LogP contribution in [0.4, 0.5) is 17.6 Å². The Morgan fingerprint density at radius 3 is 2.79 bits per heavy atom. The summed E-state index contributed by atoms with van der Waals surface area (Å²) in [7, 11) is 0. The molecule has 3 aromatic rings. The second-order valence-corrected chi connectivity index (χ2v) is 7.36. The molecular weight excluding hydrogens is 354 g/mol. The molecule has 0 aliphatic carbocycles. The number of aliphatic hydroxyl groups excluding tert-OH is 1. The summed E-state index contributed by atoms with van der Waals surface area (Å²) in [5.74, 6) is 1.83. The number of aliphatic hydroxyl groups is 1. The number of hydrogen-bond donors (Lipinski definition) is 4. The van der Waals surface area contributed by atoms with Crippen molar-refractivity contribution >= 4 is 28.5 Å². The molecule has 8 heteroatoms. The van der Waals surface area contributed by atoms with Crippen molar-refractivity contribution in [3.05, 3.63) is 41.3 Å². The van der Waals surface area contributed by atoms with Crippen LogP contribution in [-0.2, 0) is 13.0 Å². The number of rotatable bonds is 5. The molecule has 0 radical (unpaired) electrons. The lowest BCUT2D eigenvalue weighted by atomic mass is 10.1. The third kappa shape index (κ3) is 3.88. The summed E-state index contributed by atoms with van der Waals surface area (Å²) < 4.78 is 0. The molecule has 1 aliphatic heterocycles. The Morgan fingerprint density at radius 1 is 1.14 bits per heavy atom. The number of nitrogens with zero attached hydrogens (tertiary/aromatic N) is 4. The minimum Gasteiger partial charge on any atom is -0.387 e. The van der Waals surface area contributed by atoms with Crippen LogP contribution in [0.5, 0.6) is 0 Å². The summed E-state index contributed by atoms with van der Waals surface area (Å²) in [4.78, 5) is 18.3. The Bertz CT molecular complexity index is 1000. The molecular formula is C20H25N7O. The third-order valence-corrected chi connectivity index (χ3v) is 4.60. The molecule has 1 aliphatic rings. The molecule has 146 valence electrons. The first-order chi connectivity index (χ1) is 13.5. The highest BCUT2D eigenvalue weighted by molar-refractivity contribution is 5.89. The van der Waals surface area contributed by atoms with Crippen molar-refractivity contribution in [3.8, 4) is 0 Å². The van der Waals surface area contributed by atoms with E-state index in [9.17, 15) is 5.11 Å². The molecule has 0 fully saturated rings. The fraction of sp³-hybridized carbons (Fsp3) is 0.400. The van der Waals surface area contributed by atoms with E-state index in [1.54, 1.807) is 13.1 Å². The molecule has 4 N–H and O–H groups in total. The fourth-order valence-corrected chi connectivity index (χ4v) is 3.23. The van der Waals surface area contributed by atoms with Gasteiger partial charge in [0.25, 0.3) is 0 Å². The van der Waals surface area contributed by atoms with Crippen molar-refractivity contribution in [1.82, 2.24) is 25.3 Å². The van der Waals surface area contributed by atoms with Crippen LogP contribution in [0.3, 0.4) is 0 Å². The topological polar surface area (TPSA) is 108 Å². The summed E-state index contributed by atoms with van der Waals surface area (Å²) in [5.41, 5.74) is 3.63. The number of fused-ring (bicyclic) bond motifs is 2. The number of aromatic nitrogens is 4. The van der Waals surface area contributed by atoms with Crippen molar-refractivity contribution in [1.29, 1.82) is 0 Å². The van der Waals surface area contributed by atoms with Gasteiger partial charge in [-0.2, -0.15) is 0 Å². The van der Waals surface area contributed by atoms with Crippen molar-refractivity contribution in [2.75, 3.05) is 17.2 Å². The third-order valence-electron chi connectivity index (χ3n) is 4.60. The van der Waals surface area contributed by atoms with Gasteiger partial charge in [0.05, 0.1) is 11.8 Å². The Kier molecular flexibility index (Phi) is 5.06. The van der Waals surface area contributed by atoms with E-state index >= 15 is 0 Å². The highest BCUT2D eigenvalue weighted by Gasteiger charge is 2.14. The summed E-state index contributed by atoms with van der Waals surface area (Å²) in [6, 6.07) is 6.03. The smallest absolute Gasteiger partial charge is 0.229 e. The first kappa shape index (κ1) is 18.5. The van der Waals surface area contributed by atoms with E-state index in [2.05, 4.69) is 37.0 Å². The molecule has 0 amide bonds. The predicted molar refractivity (Wildman–Crippen MR) is 110 cm³/mol. The zero-order valence-corrected chi connectivity index (χ0v) is 16.3. The molecule has 28 heavy (non-hydrogen) atoms. The van der Waals surface area contributed by atoms with Crippen molar-refractivity contribution in [3.63, 3.8) is 0 Å². The molecule has 1 unspecified atom stereocenters. The lowest BCUT2D eigenvalue weighted by Gasteiger charge is -2.17. The molecule has 4 heterocycles. The van der Waals surface area contributed by atoms with Crippen LogP contribution in [0.15, 0.2) is 24.4 Å². The van der Waals surface area contributed by atoms with Crippen molar-refractivity contribution in [2.24, 2.45) is 0 Å². The standard InChI is InChI=1S/C20H25N7O/c1-11(2)23-19-18-14(8-16(25-19)12(3)28)10-22-20(27-18)26-17-5-4-13-9-21-7-6-15(13)24-17/h4-5,8,10-12,21,28H,6-7,9H2,1-3H3,(H,23,25)(H,22,24,26,27). The molecule has 8 nitrogen and oxygen atoms in total. The normalized spacial score (nSPS) is 14.8. The molecule has 0 spiro atoms. The van der Waals surface area contributed by atoms with E-state index in [4.69, 9.17) is 4.98 Å². The quantitative estimate of drug-likeness (QED) is 0.536. The first-order valence-corrected chi connectivity index (χ1v) is 9.58. The summed E-state index contributed by atoms with van der Waals surface area (Å²) >= 11 is 0. The Balaban J connectivity index is 1.69. The van der Waals surface area contributed by atoms with Crippen LogP contribution in [0.1, 0.15) is 43.8 Å². The SMILES string of the molecule is CC(C)Nc1nc(C(C)O)cc2cnc(Nc3ccc4c(n3)CCNC4)nc12. The molecule has 0 saturated carbocycles. The van der Waals surface area contributed by atoms with Gasteiger partial charge in [-0.3, -0.25) is 0 Å². The van der Waals surface area contributed by atoms with Gasteiger partial charge in [0.1, 0.15) is 11.3 Å². The van der Waals surface area contributed by atoms with Crippen LogP contribution in [0.25, 0.3) is 10.9 Å². The maximum Gasteiger partial charge on any atom is 0.229 e. The highest BCUT2D eigenvalue weighted by atomic mass is 16.3. The summed E-state index contributed by atoms with van der Waals surface area (Å²) in [6.45, 7) is 7.57. The van der Waals surface area contributed by atoms with E-state index in [0.717, 1.165) is 36.4 Å².